The normalized spacial score (nSPS) is 23.2. The molecule has 0 aromatic heterocycles. The number of halogens is 3. The minimum absolute atomic E-state index is 0.0695. The molecule has 2 saturated heterocycles. The molecule has 2 aliphatic heterocycles. The van der Waals surface area contributed by atoms with Crippen LogP contribution in [0.5, 0.6) is 0 Å². The average Bonchev–Trinajstić information content (AvgIpc) is 2.65. The third-order valence-corrected chi connectivity index (χ3v) is 8.11. The van der Waals surface area contributed by atoms with E-state index >= 15 is 0 Å². The van der Waals surface area contributed by atoms with Crippen molar-refractivity contribution in [3.05, 3.63) is 0 Å². The summed E-state index contributed by atoms with van der Waals surface area (Å²) in [5.41, 5.74) is -5.25. The Morgan fingerprint density at radius 3 is 2.37 bits per heavy atom. The number of piperidine rings is 1. The number of hydrogen-bond donors (Lipinski definition) is 2. The van der Waals surface area contributed by atoms with Crippen molar-refractivity contribution in [2.75, 3.05) is 46.2 Å². The third kappa shape index (κ3) is 5.64. The monoisotopic (exact) mass is 432 g/mol. The lowest BCUT2D eigenvalue weighted by Crippen LogP contribution is -2.53. The zero-order valence-electron chi connectivity index (χ0n) is 15.5. The molecular weight excluding hydrogens is 405 g/mol. The highest BCUT2D eigenvalue weighted by Gasteiger charge is 2.50. The summed E-state index contributed by atoms with van der Waals surface area (Å²) < 4.78 is 66.9. The van der Waals surface area contributed by atoms with Crippen LogP contribution >= 0.6 is 11.8 Å². The van der Waals surface area contributed by atoms with Crippen LogP contribution in [0.3, 0.4) is 0 Å². The Hall–Kier alpha value is -0.720. The molecule has 2 heterocycles. The fraction of sp³-hybridized carbons (Fsp3) is 0.933. The first-order chi connectivity index (χ1) is 12.6. The van der Waals surface area contributed by atoms with E-state index in [0.717, 1.165) is 26.1 Å². The summed E-state index contributed by atoms with van der Waals surface area (Å²) in [6.45, 7) is 1.82. The fourth-order valence-electron chi connectivity index (χ4n) is 3.22. The maximum atomic E-state index is 12.6. The third-order valence-electron chi connectivity index (χ3n) is 5.07. The molecule has 0 atom stereocenters. The van der Waals surface area contributed by atoms with Crippen molar-refractivity contribution in [1.82, 2.24) is 14.9 Å². The van der Waals surface area contributed by atoms with E-state index in [9.17, 15) is 21.6 Å². The SMILES string of the molecule is CN=C(NCC1(SC)CCOCC1)NC1CCN(S(=O)(=O)C(F)(F)F)CC1. The maximum Gasteiger partial charge on any atom is 0.511 e. The Morgan fingerprint density at radius 2 is 1.89 bits per heavy atom. The Balaban J connectivity index is 1.84. The number of aliphatic imine (C=N–C) groups is 1. The zero-order valence-corrected chi connectivity index (χ0v) is 17.1. The number of rotatable bonds is 5. The van der Waals surface area contributed by atoms with E-state index in [1.807, 2.05) is 0 Å². The highest BCUT2D eigenvalue weighted by Crippen LogP contribution is 2.33. The molecule has 0 spiro atoms. The quantitative estimate of drug-likeness (QED) is 0.505. The maximum absolute atomic E-state index is 12.6. The molecule has 0 aromatic carbocycles. The Kier molecular flexibility index (Phi) is 7.68. The summed E-state index contributed by atoms with van der Waals surface area (Å²) in [6, 6.07) is -0.129. The highest BCUT2D eigenvalue weighted by molar-refractivity contribution is 8.00. The van der Waals surface area contributed by atoms with Gasteiger partial charge in [0.15, 0.2) is 5.96 Å². The topological polar surface area (TPSA) is 83.0 Å². The van der Waals surface area contributed by atoms with E-state index < -0.39 is 15.5 Å². The number of nitrogens with zero attached hydrogens (tertiary/aromatic N) is 2. The van der Waals surface area contributed by atoms with Gasteiger partial charge in [-0.05, 0) is 31.9 Å². The molecule has 0 unspecified atom stereocenters. The lowest BCUT2D eigenvalue weighted by Gasteiger charge is -2.37. The van der Waals surface area contributed by atoms with Gasteiger partial charge in [-0.25, -0.2) is 8.42 Å². The standard InChI is InChI=1S/C15H27F3N4O3S2/c1-19-13(20-11-14(26-2)5-9-25-10-6-14)21-12-3-7-22(8-4-12)27(23,24)15(16,17)18/h12H,3-11H2,1-2H3,(H2,19,20,21). The minimum atomic E-state index is -5.25. The van der Waals surface area contributed by atoms with Gasteiger partial charge < -0.3 is 15.4 Å². The average molecular weight is 433 g/mol. The Morgan fingerprint density at radius 1 is 1.30 bits per heavy atom. The van der Waals surface area contributed by atoms with E-state index in [1.54, 1.807) is 18.8 Å². The summed E-state index contributed by atoms with van der Waals surface area (Å²) >= 11 is 1.79. The molecule has 0 aliphatic carbocycles. The van der Waals surface area contributed by atoms with E-state index in [1.165, 1.54) is 0 Å². The van der Waals surface area contributed by atoms with Gasteiger partial charge in [0.05, 0.1) is 0 Å². The minimum Gasteiger partial charge on any atom is -0.381 e. The molecule has 0 aromatic rings. The van der Waals surface area contributed by atoms with Gasteiger partial charge in [-0.1, -0.05) is 0 Å². The van der Waals surface area contributed by atoms with Gasteiger partial charge in [0.2, 0.25) is 0 Å². The van der Waals surface area contributed by atoms with Crippen LogP contribution in [0, 0.1) is 0 Å². The van der Waals surface area contributed by atoms with Crippen LogP contribution in [-0.2, 0) is 14.8 Å². The number of ether oxygens (including phenoxy) is 1. The molecule has 2 aliphatic rings. The molecule has 2 fully saturated rings. The van der Waals surface area contributed by atoms with Crippen molar-refractivity contribution in [3.63, 3.8) is 0 Å². The fourth-order valence-corrected chi connectivity index (χ4v) is 4.99. The second kappa shape index (κ2) is 9.19. The van der Waals surface area contributed by atoms with Crippen LogP contribution in [0.4, 0.5) is 13.2 Å². The number of guanidine groups is 1. The molecule has 27 heavy (non-hydrogen) atoms. The number of hydrogen-bond acceptors (Lipinski definition) is 5. The lowest BCUT2D eigenvalue weighted by molar-refractivity contribution is -0.0494. The second-order valence-electron chi connectivity index (χ2n) is 6.69. The van der Waals surface area contributed by atoms with Crippen molar-refractivity contribution >= 4 is 27.7 Å². The molecule has 0 saturated carbocycles. The van der Waals surface area contributed by atoms with Crippen molar-refractivity contribution in [1.29, 1.82) is 0 Å². The molecule has 0 bridgehead atoms. The largest absolute Gasteiger partial charge is 0.511 e. The van der Waals surface area contributed by atoms with Gasteiger partial charge in [0, 0.05) is 50.7 Å². The molecule has 7 nitrogen and oxygen atoms in total. The first kappa shape index (κ1) is 22.6. The predicted octanol–water partition coefficient (Wildman–Crippen LogP) is 1.38. The number of alkyl halides is 3. The van der Waals surface area contributed by atoms with Crippen molar-refractivity contribution < 1.29 is 26.3 Å². The predicted molar refractivity (Wildman–Crippen MR) is 100 cm³/mol. The van der Waals surface area contributed by atoms with Crippen LogP contribution < -0.4 is 10.6 Å². The van der Waals surface area contributed by atoms with Gasteiger partial charge in [0.25, 0.3) is 0 Å². The molecule has 2 N–H and O–H groups in total. The van der Waals surface area contributed by atoms with E-state index in [2.05, 4.69) is 21.9 Å². The highest BCUT2D eigenvalue weighted by atomic mass is 32.2. The second-order valence-corrected chi connectivity index (χ2v) is 9.90. The number of nitrogens with one attached hydrogen (secondary N) is 2. The first-order valence-corrected chi connectivity index (χ1v) is 11.5. The van der Waals surface area contributed by atoms with Crippen LogP contribution in [0.1, 0.15) is 25.7 Å². The van der Waals surface area contributed by atoms with E-state index in [4.69, 9.17) is 4.74 Å². The van der Waals surface area contributed by atoms with Crippen molar-refractivity contribution in [2.45, 2.75) is 42.0 Å². The summed E-state index contributed by atoms with van der Waals surface area (Å²) in [6.07, 6.45) is 4.52. The molecule has 2 rings (SSSR count). The smallest absolute Gasteiger partial charge is 0.381 e. The van der Waals surface area contributed by atoms with Crippen molar-refractivity contribution in [3.8, 4) is 0 Å². The first-order valence-electron chi connectivity index (χ1n) is 8.80. The van der Waals surface area contributed by atoms with Gasteiger partial charge in [-0.3, -0.25) is 4.99 Å². The summed E-state index contributed by atoms with van der Waals surface area (Å²) in [5, 5.41) is 6.49. The Bertz CT molecular complexity index is 614. The summed E-state index contributed by atoms with van der Waals surface area (Å²) in [4.78, 5) is 4.18. The van der Waals surface area contributed by atoms with E-state index in [-0.39, 0.29) is 36.7 Å². The van der Waals surface area contributed by atoms with Crippen molar-refractivity contribution in [2.24, 2.45) is 4.99 Å². The molecular formula is C15H27F3N4O3S2. The van der Waals surface area contributed by atoms with Gasteiger partial charge in [-0.15, -0.1) is 0 Å². The molecule has 0 radical (unpaired) electrons. The van der Waals surface area contributed by atoms with Crippen LogP contribution in [-0.4, -0.2) is 81.1 Å². The van der Waals surface area contributed by atoms with Gasteiger partial charge in [0.1, 0.15) is 0 Å². The van der Waals surface area contributed by atoms with E-state index in [0.29, 0.717) is 16.8 Å². The summed E-state index contributed by atoms with van der Waals surface area (Å²) in [5.74, 6) is 0.576. The molecule has 12 heteroatoms. The molecule has 158 valence electrons. The Labute approximate surface area is 162 Å². The van der Waals surface area contributed by atoms with Crippen LogP contribution in [0.2, 0.25) is 0 Å². The number of thioether (sulfide) groups is 1. The van der Waals surface area contributed by atoms with Crippen LogP contribution in [0.15, 0.2) is 4.99 Å². The summed E-state index contributed by atoms with van der Waals surface area (Å²) in [7, 11) is -3.61. The van der Waals surface area contributed by atoms with Gasteiger partial charge in [-0.2, -0.15) is 29.2 Å². The zero-order chi connectivity index (χ0) is 20.1. The lowest BCUT2D eigenvalue weighted by atomic mass is 9.99. The van der Waals surface area contributed by atoms with Gasteiger partial charge >= 0.3 is 15.5 Å². The van der Waals surface area contributed by atoms with Crippen LogP contribution in [0.25, 0.3) is 0 Å². The molecule has 0 amide bonds. The number of sulfonamides is 1.